The first-order valence-electron chi connectivity index (χ1n) is 10.9. The van der Waals surface area contributed by atoms with Crippen LogP contribution in [-0.4, -0.2) is 70.5 Å². The average Bonchev–Trinajstić information content (AvgIpc) is 2.84. The lowest BCUT2D eigenvalue weighted by molar-refractivity contribution is -0.159. The summed E-state index contributed by atoms with van der Waals surface area (Å²) in [5, 5.41) is 0.637. The number of fused-ring (bicyclic) bond motifs is 1. The molecule has 35 heavy (non-hydrogen) atoms. The van der Waals surface area contributed by atoms with Crippen LogP contribution in [0.25, 0.3) is 10.9 Å². The molecule has 1 aliphatic heterocycles. The van der Waals surface area contributed by atoms with Crippen molar-refractivity contribution < 1.29 is 23.5 Å². The summed E-state index contributed by atoms with van der Waals surface area (Å²) in [4.78, 5) is 37.8. The molecular formula is C24H25ClFN5O4. The topological polar surface area (TPSA) is 111 Å². The largest absolute Gasteiger partial charge is 0.484 e. The molecule has 1 aliphatic rings. The zero-order chi connectivity index (χ0) is 25.1. The number of methoxy groups -OCH3 is 1. The molecule has 9 nitrogen and oxygen atoms in total. The Bertz CT molecular complexity index is 1260. The Kier molecular flexibility index (Phi) is 7.32. The van der Waals surface area contributed by atoms with Crippen LogP contribution >= 0.6 is 11.6 Å². The van der Waals surface area contributed by atoms with Crippen LogP contribution in [0.15, 0.2) is 42.7 Å². The minimum absolute atomic E-state index is 0.0393. The van der Waals surface area contributed by atoms with Gasteiger partial charge in [0.25, 0.3) is 5.91 Å². The SMILES string of the molecule is COCC1C(=O)N(Cc2ccc3c(N)ncnc3c2)C(C)CN1C(=O)COc1ccc(F)c(Cl)c1. The van der Waals surface area contributed by atoms with E-state index < -0.39 is 11.9 Å². The van der Waals surface area contributed by atoms with Crippen molar-refractivity contribution in [2.24, 2.45) is 0 Å². The molecule has 0 bridgehead atoms. The van der Waals surface area contributed by atoms with E-state index >= 15 is 0 Å². The number of anilines is 1. The van der Waals surface area contributed by atoms with Crippen molar-refractivity contribution in [2.75, 3.05) is 32.6 Å². The second kappa shape index (κ2) is 10.4. The second-order valence-corrected chi connectivity index (χ2v) is 8.71. The number of aromatic nitrogens is 2. The number of ether oxygens (including phenoxy) is 2. The van der Waals surface area contributed by atoms with E-state index in [2.05, 4.69) is 9.97 Å². The van der Waals surface area contributed by atoms with Gasteiger partial charge in [0, 0.05) is 37.7 Å². The van der Waals surface area contributed by atoms with Crippen molar-refractivity contribution in [2.45, 2.75) is 25.6 Å². The molecule has 4 rings (SSSR count). The van der Waals surface area contributed by atoms with Crippen molar-refractivity contribution in [1.82, 2.24) is 19.8 Å². The standard InChI is InChI=1S/C24H25ClFN5O4/c1-14-9-31(22(32)12-35-16-4-6-19(26)18(25)8-16)21(11-34-2)24(33)30(14)10-15-3-5-17-20(7-15)28-13-29-23(17)27/h3-8,13-14,21H,9-12H2,1-2H3,(H2,27,28,29). The van der Waals surface area contributed by atoms with E-state index in [4.69, 9.17) is 26.8 Å². The number of carbonyl (C=O) groups is 2. The molecule has 2 heterocycles. The lowest BCUT2D eigenvalue weighted by Crippen LogP contribution is -2.63. The Morgan fingerprint density at radius 2 is 2.06 bits per heavy atom. The highest BCUT2D eigenvalue weighted by Crippen LogP contribution is 2.24. The van der Waals surface area contributed by atoms with E-state index in [1.807, 2.05) is 25.1 Å². The fourth-order valence-corrected chi connectivity index (χ4v) is 4.26. The Labute approximate surface area is 206 Å². The van der Waals surface area contributed by atoms with Crippen LogP contribution in [0.3, 0.4) is 0 Å². The molecule has 2 amide bonds. The van der Waals surface area contributed by atoms with Crippen molar-refractivity contribution in [3.63, 3.8) is 0 Å². The summed E-state index contributed by atoms with van der Waals surface area (Å²) >= 11 is 5.77. The van der Waals surface area contributed by atoms with E-state index in [0.29, 0.717) is 24.4 Å². The number of halogens is 2. The van der Waals surface area contributed by atoms with Crippen LogP contribution in [0.5, 0.6) is 5.75 Å². The number of rotatable bonds is 7. The lowest BCUT2D eigenvalue weighted by Gasteiger charge is -2.44. The fourth-order valence-electron chi connectivity index (χ4n) is 4.09. The van der Waals surface area contributed by atoms with Gasteiger partial charge in [-0.3, -0.25) is 9.59 Å². The van der Waals surface area contributed by atoms with Gasteiger partial charge in [-0.2, -0.15) is 0 Å². The van der Waals surface area contributed by atoms with Gasteiger partial charge in [-0.25, -0.2) is 14.4 Å². The first-order chi connectivity index (χ1) is 16.8. The maximum absolute atomic E-state index is 13.4. The minimum atomic E-state index is -0.803. The Hall–Kier alpha value is -3.50. The quantitative estimate of drug-likeness (QED) is 0.529. The van der Waals surface area contributed by atoms with Gasteiger partial charge in [-0.15, -0.1) is 0 Å². The van der Waals surface area contributed by atoms with Gasteiger partial charge in [-0.1, -0.05) is 17.7 Å². The minimum Gasteiger partial charge on any atom is -0.484 e. The Balaban J connectivity index is 1.48. The predicted molar refractivity (Wildman–Crippen MR) is 128 cm³/mol. The van der Waals surface area contributed by atoms with Crippen LogP contribution in [0.2, 0.25) is 5.02 Å². The lowest BCUT2D eigenvalue weighted by atomic mass is 10.0. The van der Waals surface area contributed by atoms with E-state index in [9.17, 15) is 14.0 Å². The molecule has 3 aromatic rings. The van der Waals surface area contributed by atoms with Crippen molar-refractivity contribution >= 4 is 40.1 Å². The zero-order valence-electron chi connectivity index (χ0n) is 19.3. The van der Waals surface area contributed by atoms with Gasteiger partial charge < -0.3 is 25.0 Å². The molecule has 2 unspecified atom stereocenters. The van der Waals surface area contributed by atoms with Gasteiger partial charge in [0.2, 0.25) is 5.91 Å². The van der Waals surface area contributed by atoms with Gasteiger partial charge in [-0.05, 0) is 36.8 Å². The summed E-state index contributed by atoms with van der Waals surface area (Å²) in [6.45, 7) is 2.23. The molecular weight excluding hydrogens is 477 g/mol. The summed E-state index contributed by atoms with van der Waals surface area (Å²) in [6.07, 6.45) is 1.40. The van der Waals surface area contributed by atoms with E-state index in [1.54, 1.807) is 4.90 Å². The highest BCUT2D eigenvalue weighted by Gasteiger charge is 2.41. The molecule has 0 radical (unpaired) electrons. The summed E-state index contributed by atoms with van der Waals surface area (Å²) in [5.41, 5.74) is 7.47. The molecule has 0 spiro atoms. The first kappa shape index (κ1) is 24.6. The van der Waals surface area contributed by atoms with E-state index in [0.717, 1.165) is 17.0 Å². The molecule has 11 heteroatoms. The Morgan fingerprint density at radius 1 is 1.26 bits per heavy atom. The molecule has 2 atom stereocenters. The van der Waals surface area contributed by atoms with E-state index in [1.165, 1.54) is 30.5 Å². The van der Waals surface area contributed by atoms with Crippen molar-refractivity contribution in [3.8, 4) is 5.75 Å². The van der Waals surface area contributed by atoms with Crippen LogP contribution < -0.4 is 10.5 Å². The third-order valence-electron chi connectivity index (χ3n) is 5.92. The normalized spacial score (nSPS) is 18.2. The number of hydrogen-bond donors (Lipinski definition) is 1. The van der Waals surface area contributed by atoms with Crippen molar-refractivity contribution in [3.05, 3.63) is 59.1 Å². The number of nitrogen functional groups attached to an aromatic ring is 1. The molecule has 184 valence electrons. The molecule has 1 fully saturated rings. The highest BCUT2D eigenvalue weighted by atomic mass is 35.5. The predicted octanol–water partition coefficient (Wildman–Crippen LogP) is 2.66. The van der Waals surface area contributed by atoms with E-state index in [-0.39, 0.29) is 41.8 Å². The fraction of sp³-hybridized carbons (Fsp3) is 0.333. The molecule has 2 N–H and O–H groups in total. The van der Waals surface area contributed by atoms with Gasteiger partial charge in [0.15, 0.2) is 6.61 Å². The Morgan fingerprint density at radius 3 is 2.80 bits per heavy atom. The molecule has 1 aromatic heterocycles. The smallest absolute Gasteiger partial charge is 0.261 e. The third kappa shape index (κ3) is 5.28. The number of nitrogens with zero attached hydrogens (tertiary/aromatic N) is 4. The number of amides is 2. The molecule has 2 aromatic carbocycles. The monoisotopic (exact) mass is 501 g/mol. The number of carbonyl (C=O) groups excluding carboxylic acids is 2. The molecule has 1 saturated heterocycles. The zero-order valence-corrected chi connectivity index (χ0v) is 20.0. The molecule has 0 saturated carbocycles. The number of hydrogen-bond acceptors (Lipinski definition) is 7. The second-order valence-electron chi connectivity index (χ2n) is 8.31. The van der Waals surface area contributed by atoms with Gasteiger partial charge >= 0.3 is 0 Å². The third-order valence-corrected chi connectivity index (χ3v) is 6.21. The summed E-state index contributed by atoms with van der Waals surface area (Å²) in [7, 11) is 1.47. The van der Waals surface area contributed by atoms with Crippen LogP contribution in [0, 0.1) is 5.82 Å². The van der Waals surface area contributed by atoms with Crippen molar-refractivity contribution in [1.29, 1.82) is 0 Å². The van der Waals surface area contributed by atoms with Crippen LogP contribution in [0.4, 0.5) is 10.2 Å². The number of benzene rings is 2. The highest BCUT2D eigenvalue weighted by molar-refractivity contribution is 6.30. The van der Waals surface area contributed by atoms with Gasteiger partial charge in [0.1, 0.15) is 29.8 Å². The average molecular weight is 502 g/mol. The van der Waals surface area contributed by atoms with Crippen LogP contribution in [-0.2, 0) is 20.9 Å². The maximum atomic E-state index is 13.4. The number of piperazine rings is 1. The summed E-state index contributed by atoms with van der Waals surface area (Å²) in [5.74, 6) is -0.546. The van der Waals surface area contributed by atoms with Crippen LogP contribution in [0.1, 0.15) is 12.5 Å². The molecule has 0 aliphatic carbocycles. The maximum Gasteiger partial charge on any atom is 0.261 e. The van der Waals surface area contributed by atoms with Gasteiger partial charge in [0.05, 0.1) is 17.1 Å². The first-order valence-corrected chi connectivity index (χ1v) is 11.3. The summed E-state index contributed by atoms with van der Waals surface area (Å²) in [6, 6.07) is 8.37. The number of nitrogens with two attached hydrogens (primary N) is 1. The summed E-state index contributed by atoms with van der Waals surface area (Å²) < 4.78 is 24.1.